The third-order valence-electron chi connectivity index (χ3n) is 3.27. The molecule has 0 bridgehead atoms. The summed E-state index contributed by atoms with van der Waals surface area (Å²) >= 11 is 7.10. The molecule has 1 heterocycles. The van der Waals surface area contributed by atoms with Gasteiger partial charge >= 0.3 is 0 Å². The summed E-state index contributed by atoms with van der Waals surface area (Å²) in [6, 6.07) is 6.87. The first kappa shape index (κ1) is 19.5. The highest BCUT2D eigenvalue weighted by Gasteiger charge is 2.32. The second-order valence-corrected chi connectivity index (χ2v) is 7.82. The van der Waals surface area contributed by atoms with Crippen molar-refractivity contribution in [2.75, 3.05) is 5.32 Å². The highest BCUT2D eigenvalue weighted by atomic mass is 35.5. The maximum absolute atomic E-state index is 12.1. The minimum absolute atomic E-state index is 0.0523. The van der Waals surface area contributed by atoms with Crippen molar-refractivity contribution in [1.29, 1.82) is 0 Å². The van der Waals surface area contributed by atoms with Crippen LogP contribution >= 0.6 is 23.4 Å². The summed E-state index contributed by atoms with van der Waals surface area (Å²) < 4.78 is 0. The van der Waals surface area contributed by atoms with Crippen molar-refractivity contribution in [2.45, 2.75) is 38.9 Å². The van der Waals surface area contributed by atoms with Gasteiger partial charge in [0.1, 0.15) is 5.25 Å². The van der Waals surface area contributed by atoms with E-state index in [4.69, 9.17) is 11.6 Å². The Hall–Kier alpha value is -1.86. The van der Waals surface area contributed by atoms with Gasteiger partial charge in [0.15, 0.2) is 5.17 Å². The molecule has 2 rings (SSSR count). The lowest BCUT2D eigenvalue weighted by Crippen LogP contribution is -2.28. The number of rotatable bonds is 6. The number of nitrogens with one attached hydrogen (secondary N) is 2. The van der Waals surface area contributed by atoms with Gasteiger partial charge in [0.05, 0.1) is 0 Å². The van der Waals surface area contributed by atoms with E-state index in [9.17, 15) is 9.59 Å². The van der Waals surface area contributed by atoms with Crippen molar-refractivity contribution in [3.8, 4) is 0 Å². The van der Waals surface area contributed by atoms with Crippen LogP contribution in [0.5, 0.6) is 0 Å². The molecule has 1 aliphatic rings. The lowest BCUT2D eigenvalue weighted by Gasteiger charge is -2.07. The van der Waals surface area contributed by atoms with Gasteiger partial charge in [-0.1, -0.05) is 43.3 Å². The number of anilines is 1. The lowest BCUT2D eigenvalue weighted by atomic mass is 10.1. The summed E-state index contributed by atoms with van der Waals surface area (Å²) in [6.07, 6.45) is 0.900. The largest absolute Gasteiger partial charge is 0.326 e. The van der Waals surface area contributed by atoms with Crippen LogP contribution in [0.25, 0.3) is 0 Å². The average Bonchev–Trinajstić information content (AvgIpc) is 2.84. The zero-order chi connectivity index (χ0) is 18.4. The SMILES string of the molecule is C/C(CC(C)C)=N/N=C1\NC(=O)C(CC(=O)Nc2cccc(Cl)c2)S1. The number of carbonyl (C=O) groups excluding carboxylic acids is 2. The van der Waals surface area contributed by atoms with E-state index in [0.717, 1.165) is 12.1 Å². The highest BCUT2D eigenvalue weighted by Crippen LogP contribution is 2.23. The smallest absolute Gasteiger partial charge is 0.240 e. The number of hydrogen-bond donors (Lipinski definition) is 2. The van der Waals surface area contributed by atoms with E-state index >= 15 is 0 Å². The summed E-state index contributed by atoms with van der Waals surface area (Å²) in [5.74, 6) is 0.00932. The molecule has 1 unspecified atom stereocenters. The van der Waals surface area contributed by atoms with E-state index in [0.29, 0.717) is 21.8 Å². The van der Waals surface area contributed by atoms with Crippen LogP contribution in [0.15, 0.2) is 34.5 Å². The number of amides is 2. The number of carbonyl (C=O) groups is 2. The molecule has 134 valence electrons. The molecule has 1 aromatic rings. The molecule has 1 aromatic carbocycles. The Morgan fingerprint density at radius 1 is 1.44 bits per heavy atom. The third-order valence-corrected chi connectivity index (χ3v) is 4.58. The Labute approximate surface area is 156 Å². The first-order valence-electron chi connectivity index (χ1n) is 7.97. The molecule has 0 radical (unpaired) electrons. The minimum atomic E-state index is -0.515. The number of amidine groups is 1. The molecular formula is C17H21ClN4O2S. The Balaban J connectivity index is 1.91. The van der Waals surface area contributed by atoms with Crippen molar-refractivity contribution >= 4 is 51.7 Å². The molecule has 6 nitrogen and oxygen atoms in total. The van der Waals surface area contributed by atoms with E-state index in [1.165, 1.54) is 11.8 Å². The number of thioether (sulfide) groups is 1. The van der Waals surface area contributed by atoms with Gasteiger partial charge in [-0.3, -0.25) is 9.59 Å². The number of nitrogens with zero attached hydrogens (tertiary/aromatic N) is 2. The molecule has 2 amide bonds. The second kappa shape index (κ2) is 9.01. The fraction of sp³-hybridized carbons (Fsp3) is 0.412. The predicted molar refractivity (Wildman–Crippen MR) is 104 cm³/mol. The van der Waals surface area contributed by atoms with Gasteiger partial charge in [-0.15, -0.1) is 5.10 Å². The zero-order valence-corrected chi connectivity index (χ0v) is 15.9. The monoisotopic (exact) mass is 380 g/mol. The van der Waals surface area contributed by atoms with Gasteiger partial charge < -0.3 is 10.6 Å². The van der Waals surface area contributed by atoms with Gasteiger partial charge in [-0.25, -0.2) is 0 Å². The maximum Gasteiger partial charge on any atom is 0.240 e. The first-order valence-corrected chi connectivity index (χ1v) is 9.23. The van der Waals surface area contributed by atoms with E-state index < -0.39 is 5.25 Å². The van der Waals surface area contributed by atoms with Gasteiger partial charge in [-0.05, 0) is 37.5 Å². The van der Waals surface area contributed by atoms with Gasteiger partial charge in [-0.2, -0.15) is 5.10 Å². The fourth-order valence-corrected chi connectivity index (χ4v) is 3.40. The lowest BCUT2D eigenvalue weighted by molar-refractivity contribution is -0.122. The highest BCUT2D eigenvalue weighted by molar-refractivity contribution is 8.15. The molecule has 1 atom stereocenters. The summed E-state index contributed by atoms with van der Waals surface area (Å²) in [4.78, 5) is 24.1. The maximum atomic E-state index is 12.1. The molecular weight excluding hydrogens is 360 g/mol. The van der Waals surface area contributed by atoms with Crippen molar-refractivity contribution in [3.63, 3.8) is 0 Å². The molecule has 1 fully saturated rings. The number of halogens is 1. The van der Waals surface area contributed by atoms with E-state index in [2.05, 4.69) is 34.7 Å². The third kappa shape index (κ3) is 6.51. The molecule has 0 saturated carbocycles. The molecule has 0 spiro atoms. The van der Waals surface area contributed by atoms with Gasteiger partial charge in [0.25, 0.3) is 0 Å². The van der Waals surface area contributed by atoms with Crippen LogP contribution < -0.4 is 10.6 Å². The molecule has 1 saturated heterocycles. The summed E-state index contributed by atoms with van der Waals surface area (Å²) in [7, 11) is 0. The Morgan fingerprint density at radius 3 is 2.88 bits per heavy atom. The fourth-order valence-electron chi connectivity index (χ4n) is 2.30. The molecule has 0 aromatic heterocycles. The van der Waals surface area contributed by atoms with Gasteiger partial charge in [0.2, 0.25) is 11.8 Å². The van der Waals surface area contributed by atoms with E-state index in [1.807, 2.05) is 6.92 Å². The minimum Gasteiger partial charge on any atom is -0.326 e. The number of hydrogen-bond acceptors (Lipinski definition) is 5. The van der Waals surface area contributed by atoms with Gasteiger partial charge in [0, 0.05) is 22.8 Å². The topological polar surface area (TPSA) is 82.9 Å². The Morgan fingerprint density at radius 2 is 2.20 bits per heavy atom. The Bertz CT molecular complexity index is 718. The van der Waals surface area contributed by atoms with Crippen LogP contribution in [0, 0.1) is 5.92 Å². The van der Waals surface area contributed by atoms with E-state index in [-0.39, 0.29) is 18.2 Å². The van der Waals surface area contributed by atoms with Crippen molar-refractivity contribution in [1.82, 2.24) is 5.32 Å². The standard InChI is InChI=1S/C17H21ClN4O2S/c1-10(2)7-11(3)21-22-17-20-16(24)14(25-17)9-15(23)19-13-6-4-5-12(18)8-13/h4-6,8,10,14H,7,9H2,1-3H3,(H,19,23)(H,20,22,24)/b21-11-. The summed E-state index contributed by atoms with van der Waals surface area (Å²) in [5, 5.41) is 14.0. The van der Waals surface area contributed by atoms with Crippen LogP contribution in [0.2, 0.25) is 5.02 Å². The van der Waals surface area contributed by atoms with Crippen molar-refractivity contribution in [3.05, 3.63) is 29.3 Å². The zero-order valence-electron chi connectivity index (χ0n) is 14.4. The molecule has 2 N–H and O–H groups in total. The molecule has 8 heteroatoms. The molecule has 1 aliphatic heterocycles. The quantitative estimate of drug-likeness (QED) is 0.583. The van der Waals surface area contributed by atoms with Crippen LogP contribution in [0.4, 0.5) is 5.69 Å². The average molecular weight is 381 g/mol. The van der Waals surface area contributed by atoms with Crippen molar-refractivity contribution in [2.24, 2.45) is 16.1 Å². The Kier molecular flexibility index (Phi) is 7.01. The normalized spacial score (nSPS) is 19.4. The molecule has 0 aliphatic carbocycles. The van der Waals surface area contributed by atoms with Crippen LogP contribution in [-0.4, -0.2) is 27.9 Å². The summed E-state index contributed by atoms with van der Waals surface area (Å²) in [6.45, 7) is 6.11. The molecule has 25 heavy (non-hydrogen) atoms. The predicted octanol–water partition coefficient (Wildman–Crippen LogP) is 3.68. The van der Waals surface area contributed by atoms with Crippen LogP contribution in [0.1, 0.15) is 33.6 Å². The summed E-state index contributed by atoms with van der Waals surface area (Å²) in [5.41, 5.74) is 1.50. The van der Waals surface area contributed by atoms with Crippen LogP contribution in [-0.2, 0) is 9.59 Å². The van der Waals surface area contributed by atoms with Crippen molar-refractivity contribution < 1.29 is 9.59 Å². The second-order valence-electron chi connectivity index (χ2n) is 6.20. The number of benzene rings is 1. The first-order chi connectivity index (χ1) is 11.8. The van der Waals surface area contributed by atoms with E-state index in [1.54, 1.807) is 24.3 Å². The van der Waals surface area contributed by atoms with Crippen LogP contribution in [0.3, 0.4) is 0 Å².